The highest BCUT2D eigenvalue weighted by molar-refractivity contribution is 5.23. The Morgan fingerprint density at radius 2 is 2.30 bits per heavy atom. The van der Waals surface area contributed by atoms with Crippen LogP contribution in [0.4, 0.5) is 5.95 Å². The molecule has 0 amide bonds. The number of hydrogen-bond acceptors (Lipinski definition) is 4. The number of anilines is 1. The summed E-state index contributed by atoms with van der Waals surface area (Å²) in [6.07, 6.45) is 1.65. The van der Waals surface area contributed by atoms with Crippen LogP contribution in [0.1, 0.15) is 11.3 Å². The van der Waals surface area contributed by atoms with Crippen LogP contribution in [0.5, 0.6) is 0 Å². The average molecular weight is 138 g/mol. The summed E-state index contributed by atoms with van der Waals surface area (Å²) in [5.41, 5.74) is 12.5. The Hall–Kier alpha value is -1.16. The van der Waals surface area contributed by atoms with Crippen molar-refractivity contribution >= 4 is 5.95 Å². The third kappa shape index (κ3) is 1.22. The number of nitrogens with two attached hydrogens (primary N) is 2. The molecule has 0 aliphatic rings. The first-order chi connectivity index (χ1) is 4.74. The first-order valence-electron chi connectivity index (χ1n) is 3.02. The standard InChI is InChI=1S/C6H10N4/c1-4-5(2-7)3-9-6(8)10-4/h3H,2,7H2,1H3,(H2,8,9,10). The monoisotopic (exact) mass is 138 g/mol. The Kier molecular flexibility index (Phi) is 1.82. The molecule has 0 unspecified atom stereocenters. The fraction of sp³-hybridized carbons (Fsp3) is 0.333. The van der Waals surface area contributed by atoms with E-state index in [9.17, 15) is 0 Å². The molecule has 4 nitrogen and oxygen atoms in total. The normalized spacial score (nSPS) is 9.80. The van der Waals surface area contributed by atoms with E-state index in [1.165, 1.54) is 0 Å². The average Bonchev–Trinajstić information content (AvgIpc) is 1.88. The quantitative estimate of drug-likeness (QED) is 0.564. The summed E-state index contributed by atoms with van der Waals surface area (Å²) >= 11 is 0. The van der Waals surface area contributed by atoms with Crippen molar-refractivity contribution in [3.63, 3.8) is 0 Å². The third-order valence-electron chi connectivity index (χ3n) is 1.32. The van der Waals surface area contributed by atoms with Crippen LogP contribution in [0.2, 0.25) is 0 Å². The molecular weight excluding hydrogens is 128 g/mol. The van der Waals surface area contributed by atoms with Crippen LogP contribution in [0.25, 0.3) is 0 Å². The fourth-order valence-electron chi connectivity index (χ4n) is 0.710. The van der Waals surface area contributed by atoms with Gasteiger partial charge >= 0.3 is 0 Å². The Balaban J connectivity index is 3.07. The molecule has 4 N–H and O–H groups in total. The molecule has 0 bridgehead atoms. The second kappa shape index (κ2) is 2.62. The number of aryl methyl sites for hydroxylation is 1. The van der Waals surface area contributed by atoms with E-state index >= 15 is 0 Å². The molecule has 0 atom stereocenters. The largest absolute Gasteiger partial charge is 0.368 e. The van der Waals surface area contributed by atoms with Crippen molar-refractivity contribution in [3.8, 4) is 0 Å². The molecule has 10 heavy (non-hydrogen) atoms. The zero-order valence-corrected chi connectivity index (χ0v) is 5.83. The van der Waals surface area contributed by atoms with Gasteiger partial charge in [0.15, 0.2) is 0 Å². The van der Waals surface area contributed by atoms with Gasteiger partial charge in [0.05, 0.1) is 0 Å². The van der Waals surface area contributed by atoms with E-state index in [-0.39, 0.29) is 0 Å². The first kappa shape index (κ1) is 6.95. The van der Waals surface area contributed by atoms with E-state index in [0.29, 0.717) is 12.5 Å². The van der Waals surface area contributed by atoms with Gasteiger partial charge < -0.3 is 11.5 Å². The molecule has 0 aromatic carbocycles. The van der Waals surface area contributed by atoms with Gasteiger partial charge in [-0.25, -0.2) is 9.97 Å². The first-order valence-corrected chi connectivity index (χ1v) is 3.02. The van der Waals surface area contributed by atoms with Crippen molar-refractivity contribution in [2.45, 2.75) is 13.5 Å². The Bertz CT molecular complexity index is 233. The third-order valence-corrected chi connectivity index (χ3v) is 1.32. The van der Waals surface area contributed by atoms with E-state index in [2.05, 4.69) is 9.97 Å². The molecule has 1 aromatic rings. The Morgan fingerprint density at radius 1 is 1.60 bits per heavy atom. The number of nitrogen functional groups attached to an aromatic ring is 1. The van der Waals surface area contributed by atoms with Crippen molar-refractivity contribution in [1.29, 1.82) is 0 Å². The highest BCUT2D eigenvalue weighted by Crippen LogP contribution is 2.02. The number of hydrogen-bond donors (Lipinski definition) is 2. The molecular formula is C6H10N4. The molecule has 0 fully saturated rings. The molecule has 1 aromatic heterocycles. The number of aromatic nitrogens is 2. The summed E-state index contributed by atoms with van der Waals surface area (Å²) < 4.78 is 0. The summed E-state index contributed by atoms with van der Waals surface area (Å²) in [6, 6.07) is 0. The Labute approximate surface area is 59.3 Å². The van der Waals surface area contributed by atoms with Gasteiger partial charge in [0.25, 0.3) is 0 Å². The van der Waals surface area contributed by atoms with E-state index in [0.717, 1.165) is 11.3 Å². The van der Waals surface area contributed by atoms with Gasteiger partial charge in [-0.1, -0.05) is 0 Å². The molecule has 0 saturated heterocycles. The van der Waals surface area contributed by atoms with Crippen molar-refractivity contribution in [2.24, 2.45) is 5.73 Å². The lowest BCUT2D eigenvalue weighted by atomic mass is 10.2. The molecule has 0 saturated carbocycles. The molecule has 0 aliphatic heterocycles. The van der Waals surface area contributed by atoms with Crippen LogP contribution in [-0.4, -0.2) is 9.97 Å². The molecule has 54 valence electrons. The van der Waals surface area contributed by atoms with Crippen LogP contribution in [0.3, 0.4) is 0 Å². The second-order valence-electron chi connectivity index (χ2n) is 2.04. The lowest BCUT2D eigenvalue weighted by molar-refractivity contribution is 0.976. The summed E-state index contributed by atoms with van der Waals surface area (Å²) in [5.74, 6) is 0.301. The summed E-state index contributed by atoms with van der Waals surface area (Å²) in [7, 11) is 0. The van der Waals surface area contributed by atoms with Crippen molar-refractivity contribution in [1.82, 2.24) is 9.97 Å². The summed E-state index contributed by atoms with van der Waals surface area (Å²) in [4.78, 5) is 7.73. The van der Waals surface area contributed by atoms with E-state index in [1.54, 1.807) is 6.20 Å². The van der Waals surface area contributed by atoms with Crippen LogP contribution in [0.15, 0.2) is 6.20 Å². The van der Waals surface area contributed by atoms with Gasteiger partial charge in [-0.3, -0.25) is 0 Å². The van der Waals surface area contributed by atoms with Gasteiger partial charge in [-0.05, 0) is 6.92 Å². The molecule has 4 heteroatoms. The SMILES string of the molecule is Cc1nc(N)ncc1CN. The molecule has 1 rings (SSSR count). The maximum Gasteiger partial charge on any atom is 0.220 e. The second-order valence-corrected chi connectivity index (χ2v) is 2.04. The van der Waals surface area contributed by atoms with Gasteiger partial charge in [-0.2, -0.15) is 0 Å². The van der Waals surface area contributed by atoms with Gasteiger partial charge in [0, 0.05) is 24.0 Å². The van der Waals surface area contributed by atoms with Gasteiger partial charge in [0.1, 0.15) is 0 Å². The van der Waals surface area contributed by atoms with Crippen LogP contribution >= 0.6 is 0 Å². The topological polar surface area (TPSA) is 77.8 Å². The summed E-state index contributed by atoms with van der Waals surface area (Å²) in [6.45, 7) is 2.33. The van der Waals surface area contributed by atoms with Crippen molar-refractivity contribution < 1.29 is 0 Å². The van der Waals surface area contributed by atoms with E-state index in [1.807, 2.05) is 6.92 Å². The highest BCUT2D eigenvalue weighted by atomic mass is 15.0. The zero-order valence-electron chi connectivity index (χ0n) is 5.83. The molecule has 0 spiro atoms. The molecule has 0 radical (unpaired) electrons. The highest BCUT2D eigenvalue weighted by Gasteiger charge is 1.96. The fourth-order valence-corrected chi connectivity index (χ4v) is 0.710. The Morgan fingerprint density at radius 3 is 2.80 bits per heavy atom. The lowest BCUT2D eigenvalue weighted by Gasteiger charge is -1.99. The van der Waals surface area contributed by atoms with Crippen LogP contribution in [-0.2, 0) is 6.54 Å². The zero-order chi connectivity index (χ0) is 7.56. The maximum absolute atomic E-state index is 5.38. The lowest BCUT2D eigenvalue weighted by Crippen LogP contribution is -2.04. The van der Waals surface area contributed by atoms with Gasteiger partial charge in [0.2, 0.25) is 5.95 Å². The minimum Gasteiger partial charge on any atom is -0.368 e. The molecule has 0 aliphatic carbocycles. The minimum atomic E-state index is 0.301. The van der Waals surface area contributed by atoms with E-state index < -0.39 is 0 Å². The van der Waals surface area contributed by atoms with Crippen LogP contribution < -0.4 is 11.5 Å². The molecule has 1 heterocycles. The predicted octanol–water partition coefficient (Wildman–Crippen LogP) is -0.174. The maximum atomic E-state index is 5.38. The number of nitrogens with zero attached hydrogens (tertiary/aromatic N) is 2. The smallest absolute Gasteiger partial charge is 0.220 e. The number of rotatable bonds is 1. The van der Waals surface area contributed by atoms with Crippen LogP contribution in [0, 0.1) is 6.92 Å². The van der Waals surface area contributed by atoms with Gasteiger partial charge in [-0.15, -0.1) is 0 Å². The van der Waals surface area contributed by atoms with Crippen molar-refractivity contribution in [3.05, 3.63) is 17.5 Å². The summed E-state index contributed by atoms with van der Waals surface area (Å²) in [5, 5.41) is 0. The van der Waals surface area contributed by atoms with E-state index in [4.69, 9.17) is 11.5 Å². The minimum absolute atomic E-state index is 0.301. The predicted molar refractivity (Wildman–Crippen MR) is 39.1 cm³/mol. The van der Waals surface area contributed by atoms with Crippen molar-refractivity contribution in [2.75, 3.05) is 5.73 Å².